The zero-order valence-corrected chi connectivity index (χ0v) is 15.0. The van der Waals surface area contributed by atoms with Crippen molar-refractivity contribution >= 4 is 22.6 Å². The molecule has 0 spiro atoms. The summed E-state index contributed by atoms with van der Waals surface area (Å²) in [4.78, 5) is 9.40. The molecular weight excluding hydrogens is 310 g/mol. The highest BCUT2D eigenvalue weighted by Gasteiger charge is 2.16. The largest absolute Gasteiger partial charge is 0.260 e. The van der Waals surface area contributed by atoms with Crippen LogP contribution in [0.5, 0.6) is 0 Å². The maximum atomic E-state index is 4.77. The Morgan fingerprint density at radius 1 is 0.960 bits per heavy atom. The average molecular weight is 331 g/mol. The zero-order valence-electron chi connectivity index (χ0n) is 15.0. The van der Waals surface area contributed by atoms with Crippen LogP contribution < -0.4 is 0 Å². The number of aryl methyl sites for hydroxylation is 2. The summed E-state index contributed by atoms with van der Waals surface area (Å²) in [6.45, 7) is 9.04. The van der Waals surface area contributed by atoms with Gasteiger partial charge in [0.25, 0.3) is 0 Å². The summed E-state index contributed by atoms with van der Waals surface area (Å²) in [5, 5.41) is 8.52. The molecule has 0 N–H and O–H groups in total. The maximum Gasteiger partial charge on any atom is 0.155 e. The Balaban J connectivity index is 1.68. The van der Waals surface area contributed by atoms with Gasteiger partial charge in [-0.3, -0.25) is 4.99 Å². The zero-order chi connectivity index (χ0) is 17.6. The molecule has 1 aliphatic rings. The van der Waals surface area contributed by atoms with Crippen molar-refractivity contribution in [3.63, 3.8) is 0 Å². The Morgan fingerprint density at radius 3 is 2.44 bits per heavy atom. The van der Waals surface area contributed by atoms with Crippen molar-refractivity contribution in [3.05, 3.63) is 58.7 Å². The summed E-state index contributed by atoms with van der Waals surface area (Å²) in [7, 11) is 0. The van der Waals surface area contributed by atoms with Gasteiger partial charge in [0.1, 0.15) is 5.52 Å². The van der Waals surface area contributed by atoms with Gasteiger partial charge in [0.05, 0.1) is 17.8 Å². The van der Waals surface area contributed by atoms with Gasteiger partial charge < -0.3 is 0 Å². The van der Waals surface area contributed by atoms with Crippen molar-refractivity contribution < 1.29 is 0 Å². The Morgan fingerprint density at radius 2 is 1.72 bits per heavy atom. The van der Waals surface area contributed by atoms with E-state index in [4.69, 9.17) is 4.99 Å². The van der Waals surface area contributed by atoms with Gasteiger partial charge in [0, 0.05) is 11.6 Å². The normalized spacial score (nSPS) is 14.3. The van der Waals surface area contributed by atoms with Gasteiger partial charge in [0.2, 0.25) is 0 Å². The summed E-state index contributed by atoms with van der Waals surface area (Å²) in [5.41, 5.74) is 7.58. The third-order valence-electron chi connectivity index (χ3n) is 4.39. The molecule has 3 aromatic rings. The summed E-state index contributed by atoms with van der Waals surface area (Å²) >= 11 is 0. The van der Waals surface area contributed by atoms with E-state index in [1.165, 1.54) is 11.1 Å². The molecule has 126 valence electrons. The third kappa shape index (κ3) is 2.86. The van der Waals surface area contributed by atoms with E-state index in [2.05, 4.69) is 73.3 Å². The predicted octanol–water partition coefficient (Wildman–Crippen LogP) is 3.88. The van der Waals surface area contributed by atoms with E-state index in [0.29, 0.717) is 6.54 Å². The lowest BCUT2D eigenvalue weighted by molar-refractivity contribution is 0.530. The smallest absolute Gasteiger partial charge is 0.155 e. The second-order valence-corrected chi connectivity index (χ2v) is 6.91. The van der Waals surface area contributed by atoms with Crippen molar-refractivity contribution in [1.29, 1.82) is 0 Å². The fourth-order valence-electron chi connectivity index (χ4n) is 3.26. The van der Waals surface area contributed by atoms with Gasteiger partial charge in [-0.15, -0.1) is 5.10 Å². The molecule has 2 aromatic carbocycles. The van der Waals surface area contributed by atoms with E-state index >= 15 is 0 Å². The second-order valence-electron chi connectivity index (χ2n) is 6.91. The van der Waals surface area contributed by atoms with Crippen molar-refractivity contribution in [3.8, 4) is 0 Å². The highest BCUT2D eigenvalue weighted by atomic mass is 15.4. The summed E-state index contributed by atoms with van der Waals surface area (Å²) in [5.74, 6) is 0.773. The van der Waals surface area contributed by atoms with Gasteiger partial charge in [0.15, 0.2) is 5.84 Å². The van der Waals surface area contributed by atoms with Crippen LogP contribution in [0.15, 0.2) is 46.4 Å². The van der Waals surface area contributed by atoms with E-state index < -0.39 is 0 Å². The van der Waals surface area contributed by atoms with Gasteiger partial charge in [-0.25, -0.2) is 9.67 Å². The first kappa shape index (κ1) is 15.7. The van der Waals surface area contributed by atoms with Crippen molar-refractivity contribution in [2.45, 2.75) is 33.7 Å². The molecule has 0 radical (unpaired) electrons. The fraction of sp³-hybridized carbons (Fsp3) is 0.300. The number of aliphatic imine (C=N–C) groups is 2. The van der Waals surface area contributed by atoms with E-state index in [9.17, 15) is 0 Å². The molecule has 0 saturated heterocycles. The van der Waals surface area contributed by atoms with E-state index in [-0.39, 0.29) is 6.04 Å². The number of amidine groups is 1. The molecule has 0 unspecified atom stereocenters. The lowest BCUT2D eigenvalue weighted by Gasteiger charge is -2.05. The molecule has 0 aliphatic carbocycles. The molecule has 4 rings (SSSR count). The molecule has 0 bridgehead atoms. The molecule has 1 aromatic heterocycles. The number of fused-ring (bicyclic) bond motifs is 1. The van der Waals surface area contributed by atoms with Crippen molar-refractivity contribution in [2.24, 2.45) is 9.98 Å². The topological polar surface area (TPSA) is 55.4 Å². The number of rotatable bonds is 3. The molecule has 0 atom stereocenters. The summed E-state index contributed by atoms with van der Waals surface area (Å²) in [6, 6.07) is 12.9. The maximum absolute atomic E-state index is 4.77. The minimum Gasteiger partial charge on any atom is -0.260 e. The Hall–Kier alpha value is -2.82. The lowest BCUT2D eigenvalue weighted by atomic mass is 10.0. The monoisotopic (exact) mass is 331 g/mol. The van der Waals surface area contributed by atoms with Crippen LogP contribution in [0.1, 0.15) is 42.1 Å². The SMILES string of the molecule is Cc1cc(C)cc(C2=NC(c3ccc4c(c3)nnn4C(C)C)=NC2)c1. The van der Waals surface area contributed by atoms with Crippen LogP contribution in [0.25, 0.3) is 11.0 Å². The molecule has 5 nitrogen and oxygen atoms in total. The number of benzene rings is 2. The molecule has 1 aliphatic heterocycles. The first-order valence-corrected chi connectivity index (χ1v) is 8.57. The number of nitrogens with zero attached hydrogens (tertiary/aromatic N) is 5. The van der Waals surface area contributed by atoms with E-state index in [1.54, 1.807) is 0 Å². The van der Waals surface area contributed by atoms with Crippen LogP contribution in [0.2, 0.25) is 0 Å². The van der Waals surface area contributed by atoms with Crippen LogP contribution in [-0.2, 0) is 0 Å². The summed E-state index contributed by atoms with van der Waals surface area (Å²) < 4.78 is 1.93. The summed E-state index contributed by atoms with van der Waals surface area (Å²) in [6.07, 6.45) is 0. The van der Waals surface area contributed by atoms with Gasteiger partial charge >= 0.3 is 0 Å². The minimum absolute atomic E-state index is 0.286. The van der Waals surface area contributed by atoms with Crippen LogP contribution in [-0.4, -0.2) is 33.1 Å². The number of aromatic nitrogens is 3. The van der Waals surface area contributed by atoms with Gasteiger partial charge in [-0.05, 0) is 51.5 Å². The standard InChI is InChI=1S/C20H21N5/c1-12(2)25-19-6-5-15(10-17(19)23-24-25)20-21-11-18(22-20)16-8-13(3)7-14(4)9-16/h5-10,12H,11H2,1-4H3. The molecule has 0 saturated carbocycles. The Bertz CT molecular complexity index is 1000. The molecule has 25 heavy (non-hydrogen) atoms. The Labute approximate surface area is 147 Å². The quantitative estimate of drug-likeness (QED) is 0.731. The highest BCUT2D eigenvalue weighted by Crippen LogP contribution is 2.20. The van der Waals surface area contributed by atoms with E-state index in [0.717, 1.165) is 33.7 Å². The van der Waals surface area contributed by atoms with Crippen LogP contribution in [0, 0.1) is 13.8 Å². The Kier molecular flexibility index (Phi) is 3.71. The van der Waals surface area contributed by atoms with Crippen molar-refractivity contribution in [2.75, 3.05) is 6.54 Å². The minimum atomic E-state index is 0.286. The van der Waals surface area contributed by atoms with E-state index in [1.807, 2.05) is 10.7 Å². The molecular formula is C20H21N5. The highest BCUT2D eigenvalue weighted by molar-refractivity contribution is 6.17. The average Bonchev–Trinajstić information content (AvgIpc) is 3.20. The molecule has 0 fully saturated rings. The first-order chi connectivity index (χ1) is 12.0. The van der Waals surface area contributed by atoms with Crippen molar-refractivity contribution in [1.82, 2.24) is 15.0 Å². The number of hydrogen-bond acceptors (Lipinski definition) is 4. The predicted molar refractivity (Wildman–Crippen MR) is 102 cm³/mol. The van der Waals surface area contributed by atoms with Crippen LogP contribution in [0.4, 0.5) is 0 Å². The second kappa shape index (κ2) is 5.92. The van der Waals surface area contributed by atoms with Gasteiger partial charge in [-0.1, -0.05) is 34.5 Å². The third-order valence-corrected chi connectivity index (χ3v) is 4.39. The molecule has 0 amide bonds. The molecule has 5 heteroatoms. The van der Waals surface area contributed by atoms with Crippen LogP contribution >= 0.6 is 0 Å². The van der Waals surface area contributed by atoms with Gasteiger partial charge in [-0.2, -0.15) is 0 Å². The number of hydrogen-bond donors (Lipinski definition) is 0. The fourth-order valence-corrected chi connectivity index (χ4v) is 3.26. The first-order valence-electron chi connectivity index (χ1n) is 8.57. The van der Waals surface area contributed by atoms with Crippen LogP contribution in [0.3, 0.4) is 0 Å². The molecule has 2 heterocycles. The lowest BCUT2D eigenvalue weighted by Crippen LogP contribution is -2.03.